The van der Waals surface area contributed by atoms with Crippen LogP contribution in [0.15, 0.2) is 35.9 Å². The average Bonchev–Trinajstić information content (AvgIpc) is 2.40. The molecule has 92 valence electrons. The molecule has 17 heavy (non-hydrogen) atoms. The fourth-order valence-electron chi connectivity index (χ4n) is 2.77. The Hall–Kier alpha value is -0.750. The van der Waals surface area contributed by atoms with Crippen LogP contribution in [0.3, 0.4) is 0 Å². The van der Waals surface area contributed by atoms with Gasteiger partial charge in [-0.05, 0) is 55.1 Å². The van der Waals surface area contributed by atoms with Gasteiger partial charge >= 0.3 is 0 Å². The van der Waals surface area contributed by atoms with Crippen LogP contribution in [-0.4, -0.2) is 0 Å². The van der Waals surface area contributed by atoms with Gasteiger partial charge in [-0.25, -0.2) is 0 Å². The third-order valence-corrected chi connectivity index (χ3v) is 4.12. The second-order valence-electron chi connectivity index (χ2n) is 5.03. The SMILES string of the molecule is CCc1ccc(C2CCC(/C=C/Cl)CC2)cc1. The molecule has 0 aliphatic heterocycles. The highest BCUT2D eigenvalue weighted by Crippen LogP contribution is 2.36. The number of allylic oxidation sites excluding steroid dienone is 1. The van der Waals surface area contributed by atoms with Crippen molar-refractivity contribution in [3.8, 4) is 0 Å². The summed E-state index contributed by atoms with van der Waals surface area (Å²) in [6.45, 7) is 2.21. The molecule has 1 heteroatoms. The molecule has 1 aromatic rings. The van der Waals surface area contributed by atoms with Crippen LogP contribution < -0.4 is 0 Å². The first kappa shape index (κ1) is 12.7. The van der Waals surface area contributed by atoms with Gasteiger partial charge in [0.15, 0.2) is 0 Å². The minimum absolute atomic E-state index is 0.707. The standard InChI is InChI=1S/C16H21Cl/c1-2-13-3-7-15(8-4-13)16-9-5-14(6-10-16)11-12-17/h3-4,7-8,11-12,14,16H,2,5-6,9-10H2,1H3/b12-11+. The van der Waals surface area contributed by atoms with Crippen molar-refractivity contribution < 1.29 is 0 Å². The van der Waals surface area contributed by atoms with E-state index in [1.54, 1.807) is 5.54 Å². The molecule has 1 saturated carbocycles. The Morgan fingerprint density at radius 2 is 1.76 bits per heavy atom. The zero-order valence-corrected chi connectivity index (χ0v) is 11.3. The predicted octanol–water partition coefficient (Wildman–Crippen LogP) is 5.28. The molecule has 0 N–H and O–H groups in total. The van der Waals surface area contributed by atoms with Crippen LogP contribution in [0.4, 0.5) is 0 Å². The van der Waals surface area contributed by atoms with Crippen molar-refractivity contribution in [3.05, 3.63) is 47.0 Å². The Labute approximate surface area is 110 Å². The molecule has 1 aliphatic carbocycles. The maximum absolute atomic E-state index is 5.64. The first-order valence-corrected chi connectivity index (χ1v) is 7.13. The highest BCUT2D eigenvalue weighted by atomic mass is 35.5. The van der Waals surface area contributed by atoms with Gasteiger partial charge in [0.25, 0.3) is 0 Å². The summed E-state index contributed by atoms with van der Waals surface area (Å²) in [4.78, 5) is 0. The van der Waals surface area contributed by atoms with Crippen molar-refractivity contribution in [2.24, 2.45) is 5.92 Å². The number of hydrogen-bond donors (Lipinski definition) is 0. The van der Waals surface area contributed by atoms with E-state index in [2.05, 4.69) is 37.3 Å². The lowest BCUT2D eigenvalue weighted by molar-refractivity contribution is 0.376. The van der Waals surface area contributed by atoms with Gasteiger partial charge in [0.2, 0.25) is 0 Å². The molecule has 0 heterocycles. The van der Waals surface area contributed by atoms with E-state index in [4.69, 9.17) is 11.6 Å². The number of aryl methyl sites for hydroxylation is 1. The Morgan fingerprint density at radius 1 is 1.12 bits per heavy atom. The molecule has 0 unspecified atom stereocenters. The second-order valence-corrected chi connectivity index (χ2v) is 5.28. The predicted molar refractivity (Wildman–Crippen MR) is 75.5 cm³/mol. The average molecular weight is 249 g/mol. The van der Waals surface area contributed by atoms with E-state index in [1.165, 1.54) is 36.8 Å². The zero-order valence-electron chi connectivity index (χ0n) is 10.5. The van der Waals surface area contributed by atoms with Crippen molar-refractivity contribution in [2.45, 2.75) is 44.9 Å². The highest BCUT2D eigenvalue weighted by Gasteiger charge is 2.20. The number of benzene rings is 1. The fourth-order valence-corrected chi connectivity index (χ4v) is 2.98. The van der Waals surface area contributed by atoms with Gasteiger partial charge < -0.3 is 0 Å². The summed E-state index contributed by atoms with van der Waals surface area (Å²) in [7, 11) is 0. The minimum atomic E-state index is 0.707. The fraction of sp³-hybridized carbons (Fsp3) is 0.500. The summed E-state index contributed by atoms with van der Waals surface area (Å²) in [5.74, 6) is 1.47. The first-order valence-electron chi connectivity index (χ1n) is 6.69. The maximum Gasteiger partial charge on any atom is 0.000525 e. The molecular weight excluding hydrogens is 228 g/mol. The van der Waals surface area contributed by atoms with Crippen molar-refractivity contribution in [1.29, 1.82) is 0 Å². The van der Waals surface area contributed by atoms with Gasteiger partial charge in [-0.1, -0.05) is 48.9 Å². The third kappa shape index (κ3) is 3.35. The zero-order chi connectivity index (χ0) is 12.1. The van der Waals surface area contributed by atoms with Gasteiger partial charge in [0.1, 0.15) is 0 Å². The van der Waals surface area contributed by atoms with Crippen LogP contribution in [0.1, 0.15) is 49.7 Å². The van der Waals surface area contributed by atoms with Crippen LogP contribution in [0.25, 0.3) is 0 Å². The van der Waals surface area contributed by atoms with Crippen LogP contribution in [0, 0.1) is 5.92 Å². The van der Waals surface area contributed by atoms with Crippen LogP contribution >= 0.6 is 11.6 Å². The number of hydrogen-bond acceptors (Lipinski definition) is 0. The Morgan fingerprint density at radius 3 is 2.29 bits per heavy atom. The summed E-state index contributed by atoms with van der Waals surface area (Å²) in [6.07, 6.45) is 8.45. The Bertz CT molecular complexity index is 356. The van der Waals surface area contributed by atoms with E-state index in [-0.39, 0.29) is 0 Å². The number of halogens is 1. The third-order valence-electron chi connectivity index (χ3n) is 3.98. The van der Waals surface area contributed by atoms with E-state index in [0.29, 0.717) is 5.92 Å². The summed E-state index contributed by atoms with van der Waals surface area (Å²) in [5, 5.41) is 0. The largest absolute Gasteiger partial charge is 0.0933 e. The maximum atomic E-state index is 5.64. The molecule has 1 fully saturated rings. The smallest absolute Gasteiger partial charge is 0.000525 e. The van der Waals surface area contributed by atoms with Crippen molar-refractivity contribution in [1.82, 2.24) is 0 Å². The van der Waals surface area contributed by atoms with Gasteiger partial charge in [-0.2, -0.15) is 0 Å². The van der Waals surface area contributed by atoms with Crippen molar-refractivity contribution >= 4 is 11.6 Å². The Kier molecular flexibility index (Phi) is 4.67. The highest BCUT2D eigenvalue weighted by molar-refractivity contribution is 6.25. The lowest BCUT2D eigenvalue weighted by Crippen LogP contribution is -2.11. The molecular formula is C16H21Cl. The summed E-state index contributed by atoms with van der Waals surface area (Å²) in [6, 6.07) is 9.20. The Balaban J connectivity index is 1.95. The van der Waals surface area contributed by atoms with Gasteiger partial charge in [0.05, 0.1) is 0 Å². The van der Waals surface area contributed by atoms with Gasteiger partial charge in [-0.15, -0.1) is 0 Å². The lowest BCUT2D eigenvalue weighted by atomic mass is 9.78. The van der Waals surface area contributed by atoms with Crippen molar-refractivity contribution in [3.63, 3.8) is 0 Å². The second kappa shape index (κ2) is 6.26. The van der Waals surface area contributed by atoms with E-state index in [0.717, 1.165) is 12.3 Å². The topological polar surface area (TPSA) is 0 Å². The molecule has 1 aromatic carbocycles. The molecule has 0 atom stereocenters. The molecule has 0 radical (unpaired) electrons. The van der Waals surface area contributed by atoms with Crippen molar-refractivity contribution in [2.75, 3.05) is 0 Å². The molecule has 1 aliphatic rings. The van der Waals surface area contributed by atoms with Gasteiger partial charge in [-0.3, -0.25) is 0 Å². The van der Waals surface area contributed by atoms with E-state index < -0.39 is 0 Å². The molecule has 0 spiro atoms. The molecule has 0 aromatic heterocycles. The normalized spacial score (nSPS) is 25.3. The summed E-state index contributed by atoms with van der Waals surface area (Å²) >= 11 is 5.64. The first-order chi connectivity index (χ1) is 8.33. The van der Waals surface area contributed by atoms with Crippen LogP contribution in [-0.2, 0) is 6.42 Å². The minimum Gasteiger partial charge on any atom is -0.0933 e. The molecule has 0 bridgehead atoms. The van der Waals surface area contributed by atoms with E-state index in [9.17, 15) is 0 Å². The van der Waals surface area contributed by atoms with E-state index >= 15 is 0 Å². The molecule has 2 rings (SSSR count). The van der Waals surface area contributed by atoms with E-state index in [1.807, 2.05) is 0 Å². The summed E-state index contributed by atoms with van der Waals surface area (Å²) in [5.41, 5.74) is 4.64. The monoisotopic (exact) mass is 248 g/mol. The van der Waals surface area contributed by atoms with Gasteiger partial charge in [0, 0.05) is 5.54 Å². The molecule has 0 amide bonds. The summed E-state index contributed by atoms with van der Waals surface area (Å²) < 4.78 is 0. The van der Waals surface area contributed by atoms with Crippen LogP contribution in [0.2, 0.25) is 0 Å². The molecule has 0 saturated heterocycles. The lowest BCUT2D eigenvalue weighted by Gasteiger charge is -2.27. The quantitative estimate of drug-likeness (QED) is 0.683. The van der Waals surface area contributed by atoms with Crippen LogP contribution in [0.5, 0.6) is 0 Å². The number of rotatable bonds is 3. The molecule has 0 nitrogen and oxygen atoms in total.